The van der Waals surface area contributed by atoms with Crippen molar-refractivity contribution >= 4 is 17.0 Å². The minimum absolute atomic E-state index is 0.284. The number of phenols is 1. The highest BCUT2D eigenvalue weighted by Gasteiger charge is 2.04. The SMILES string of the molecule is Oc1c(C=CCCCCCCCCCCc2ccccc2)ccc2cccnc12. The van der Waals surface area contributed by atoms with E-state index in [0.29, 0.717) is 5.52 Å². The second-order valence-corrected chi connectivity index (χ2v) is 7.83. The van der Waals surface area contributed by atoms with Crippen molar-refractivity contribution < 1.29 is 5.11 Å². The molecular formula is C27H33NO. The van der Waals surface area contributed by atoms with Crippen molar-refractivity contribution in [3.8, 4) is 5.75 Å². The van der Waals surface area contributed by atoms with Crippen LogP contribution in [0.3, 0.4) is 0 Å². The molecule has 0 atom stereocenters. The fraction of sp³-hybridized carbons (Fsp3) is 0.370. The zero-order valence-corrected chi connectivity index (χ0v) is 17.4. The maximum absolute atomic E-state index is 10.4. The molecule has 3 rings (SSSR count). The van der Waals surface area contributed by atoms with Gasteiger partial charge in [-0.15, -0.1) is 0 Å². The van der Waals surface area contributed by atoms with Crippen molar-refractivity contribution in [1.82, 2.24) is 4.98 Å². The molecule has 0 fully saturated rings. The Kier molecular flexibility index (Phi) is 8.78. The lowest BCUT2D eigenvalue weighted by atomic mass is 10.0. The number of unbranched alkanes of at least 4 members (excludes halogenated alkanes) is 8. The molecule has 0 unspecified atom stereocenters. The Hall–Kier alpha value is -2.61. The van der Waals surface area contributed by atoms with Crippen molar-refractivity contribution in [2.75, 3.05) is 0 Å². The van der Waals surface area contributed by atoms with Crippen LogP contribution in [-0.2, 0) is 6.42 Å². The molecule has 2 nitrogen and oxygen atoms in total. The van der Waals surface area contributed by atoms with E-state index in [1.165, 1.54) is 63.4 Å². The minimum Gasteiger partial charge on any atom is -0.505 e. The number of aromatic hydroxyl groups is 1. The van der Waals surface area contributed by atoms with Crippen molar-refractivity contribution in [3.63, 3.8) is 0 Å². The molecule has 152 valence electrons. The molecule has 0 saturated carbocycles. The van der Waals surface area contributed by atoms with E-state index >= 15 is 0 Å². The number of hydrogen-bond donors (Lipinski definition) is 1. The Bertz CT molecular complexity index is 885. The summed E-state index contributed by atoms with van der Waals surface area (Å²) in [6.45, 7) is 0. The third-order valence-corrected chi connectivity index (χ3v) is 5.51. The van der Waals surface area contributed by atoms with Gasteiger partial charge in [-0.1, -0.05) is 99.2 Å². The number of nitrogens with zero attached hydrogens (tertiary/aromatic N) is 1. The van der Waals surface area contributed by atoms with E-state index in [2.05, 4.69) is 41.4 Å². The first-order valence-electron chi connectivity index (χ1n) is 11.1. The van der Waals surface area contributed by atoms with Crippen LogP contribution in [0.5, 0.6) is 5.75 Å². The van der Waals surface area contributed by atoms with E-state index in [4.69, 9.17) is 0 Å². The number of benzene rings is 2. The average Bonchev–Trinajstić information content (AvgIpc) is 2.77. The molecule has 3 aromatic rings. The molecule has 0 amide bonds. The number of aromatic nitrogens is 1. The molecule has 0 saturated heterocycles. The number of allylic oxidation sites excluding steroid dienone is 1. The standard InChI is InChI=1S/C27H33NO/c29-27-25(21-20-24-19-14-22-28-26(24)27)18-13-8-6-4-2-1-3-5-7-10-15-23-16-11-9-12-17-23/h9,11-14,16-22,29H,1-8,10,15H2. The molecule has 1 heterocycles. The fourth-order valence-electron chi connectivity index (χ4n) is 3.79. The zero-order valence-electron chi connectivity index (χ0n) is 17.4. The third kappa shape index (κ3) is 7.05. The smallest absolute Gasteiger partial charge is 0.148 e. The van der Waals surface area contributed by atoms with Gasteiger partial charge >= 0.3 is 0 Å². The topological polar surface area (TPSA) is 33.1 Å². The van der Waals surface area contributed by atoms with Gasteiger partial charge in [-0.2, -0.15) is 0 Å². The molecule has 0 radical (unpaired) electrons. The molecule has 29 heavy (non-hydrogen) atoms. The molecule has 0 aliphatic rings. The maximum Gasteiger partial charge on any atom is 0.148 e. The summed E-state index contributed by atoms with van der Waals surface area (Å²) in [7, 11) is 0. The molecule has 0 aliphatic carbocycles. The van der Waals surface area contributed by atoms with Crippen LogP contribution < -0.4 is 0 Å². The highest BCUT2D eigenvalue weighted by molar-refractivity contribution is 5.87. The minimum atomic E-state index is 0.284. The van der Waals surface area contributed by atoms with Gasteiger partial charge in [0.1, 0.15) is 11.3 Å². The van der Waals surface area contributed by atoms with Crippen molar-refractivity contribution in [2.45, 2.75) is 64.2 Å². The van der Waals surface area contributed by atoms with E-state index in [0.717, 1.165) is 17.4 Å². The summed E-state index contributed by atoms with van der Waals surface area (Å²) in [5.41, 5.74) is 3.00. The molecule has 0 aliphatic heterocycles. The summed E-state index contributed by atoms with van der Waals surface area (Å²) < 4.78 is 0. The van der Waals surface area contributed by atoms with Gasteiger partial charge in [-0.05, 0) is 37.3 Å². The van der Waals surface area contributed by atoms with Crippen molar-refractivity contribution in [2.24, 2.45) is 0 Å². The monoisotopic (exact) mass is 387 g/mol. The summed E-state index contributed by atoms with van der Waals surface area (Å²) in [6.07, 6.45) is 18.8. The number of aryl methyl sites for hydroxylation is 1. The lowest BCUT2D eigenvalue weighted by Gasteiger charge is -2.04. The van der Waals surface area contributed by atoms with E-state index in [1.54, 1.807) is 6.20 Å². The summed E-state index contributed by atoms with van der Waals surface area (Å²) >= 11 is 0. The maximum atomic E-state index is 10.4. The predicted molar refractivity (Wildman–Crippen MR) is 124 cm³/mol. The Morgan fingerprint density at radius 3 is 2.24 bits per heavy atom. The highest BCUT2D eigenvalue weighted by Crippen LogP contribution is 2.27. The largest absolute Gasteiger partial charge is 0.505 e. The zero-order chi connectivity index (χ0) is 20.2. The van der Waals surface area contributed by atoms with Gasteiger partial charge in [0.15, 0.2) is 0 Å². The molecule has 1 aromatic heterocycles. The number of pyridine rings is 1. The normalized spacial score (nSPS) is 11.4. The van der Waals surface area contributed by atoms with E-state index in [9.17, 15) is 5.11 Å². The van der Waals surface area contributed by atoms with Gasteiger partial charge in [0, 0.05) is 17.1 Å². The quantitative estimate of drug-likeness (QED) is 0.323. The third-order valence-electron chi connectivity index (χ3n) is 5.51. The summed E-state index contributed by atoms with van der Waals surface area (Å²) in [6, 6.07) is 18.7. The summed E-state index contributed by atoms with van der Waals surface area (Å²) in [4.78, 5) is 4.28. The Balaban J connectivity index is 1.22. The number of rotatable bonds is 12. The lowest BCUT2D eigenvalue weighted by Crippen LogP contribution is -1.86. The van der Waals surface area contributed by atoms with Crippen LogP contribution in [0.4, 0.5) is 0 Å². The molecule has 0 bridgehead atoms. The van der Waals surface area contributed by atoms with E-state index < -0.39 is 0 Å². The lowest BCUT2D eigenvalue weighted by molar-refractivity contribution is 0.479. The van der Waals surface area contributed by atoms with Crippen LogP contribution in [0.15, 0.2) is 66.9 Å². The van der Waals surface area contributed by atoms with Gasteiger partial charge in [0.25, 0.3) is 0 Å². The number of fused-ring (bicyclic) bond motifs is 1. The summed E-state index contributed by atoms with van der Waals surface area (Å²) in [5.74, 6) is 0.284. The first-order valence-corrected chi connectivity index (χ1v) is 11.1. The molecular weight excluding hydrogens is 354 g/mol. The average molecular weight is 388 g/mol. The van der Waals surface area contributed by atoms with E-state index in [-0.39, 0.29) is 5.75 Å². The summed E-state index contributed by atoms with van der Waals surface area (Å²) in [5, 5.41) is 11.3. The first-order chi connectivity index (χ1) is 14.3. The number of hydrogen-bond acceptors (Lipinski definition) is 2. The second kappa shape index (κ2) is 12.1. The molecule has 1 N–H and O–H groups in total. The van der Waals surface area contributed by atoms with Gasteiger partial charge < -0.3 is 5.11 Å². The molecule has 2 heteroatoms. The van der Waals surface area contributed by atoms with Crippen LogP contribution in [0.1, 0.15) is 68.9 Å². The predicted octanol–water partition coefficient (Wildman–Crippen LogP) is 7.71. The number of phenolic OH excluding ortho intramolecular Hbond substituents is 1. The fourth-order valence-corrected chi connectivity index (χ4v) is 3.79. The van der Waals surface area contributed by atoms with Crippen molar-refractivity contribution in [1.29, 1.82) is 0 Å². The van der Waals surface area contributed by atoms with Crippen molar-refractivity contribution in [3.05, 3.63) is 78.0 Å². The Morgan fingerprint density at radius 1 is 0.724 bits per heavy atom. The Morgan fingerprint density at radius 2 is 1.45 bits per heavy atom. The van der Waals surface area contributed by atoms with Crippen LogP contribution in [-0.4, -0.2) is 10.1 Å². The Labute approximate surface area is 175 Å². The molecule has 0 spiro atoms. The second-order valence-electron chi connectivity index (χ2n) is 7.83. The molecule has 2 aromatic carbocycles. The van der Waals surface area contributed by atoms with Gasteiger partial charge in [-0.25, -0.2) is 0 Å². The van der Waals surface area contributed by atoms with Crippen LogP contribution in [0.2, 0.25) is 0 Å². The van der Waals surface area contributed by atoms with Crippen LogP contribution >= 0.6 is 0 Å². The van der Waals surface area contributed by atoms with Gasteiger partial charge in [-0.3, -0.25) is 4.98 Å². The highest BCUT2D eigenvalue weighted by atomic mass is 16.3. The van der Waals surface area contributed by atoms with Crippen LogP contribution in [0.25, 0.3) is 17.0 Å². The van der Waals surface area contributed by atoms with Crippen LogP contribution in [0, 0.1) is 0 Å². The van der Waals surface area contributed by atoms with Gasteiger partial charge in [0.2, 0.25) is 0 Å². The first kappa shape index (κ1) is 21.1. The van der Waals surface area contributed by atoms with E-state index in [1.807, 2.05) is 30.3 Å². The van der Waals surface area contributed by atoms with Gasteiger partial charge in [0.05, 0.1) is 0 Å².